The van der Waals surface area contributed by atoms with E-state index in [0.717, 1.165) is 48.0 Å². The molecule has 1 aromatic carbocycles. The van der Waals surface area contributed by atoms with Gasteiger partial charge in [0.1, 0.15) is 21.9 Å². The SMILES string of the molecule is COc1ccc(-c2csc3ncnc(Sc4nnc(-c5cccs5)n4C4CC4)c23)cc1. The second kappa shape index (κ2) is 7.74. The summed E-state index contributed by atoms with van der Waals surface area (Å²) >= 11 is 4.90. The van der Waals surface area contributed by atoms with Crippen molar-refractivity contribution in [2.75, 3.05) is 7.11 Å². The molecule has 0 aliphatic heterocycles. The molecule has 0 N–H and O–H groups in total. The molecule has 0 atom stereocenters. The van der Waals surface area contributed by atoms with Crippen LogP contribution in [0.1, 0.15) is 18.9 Å². The van der Waals surface area contributed by atoms with Gasteiger partial charge in [0.25, 0.3) is 0 Å². The Balaban J connectivity index is 1.44. The molecule has 1 aliphatic carbocycles. The molecule has 1 saturated carbocycles. The van der Waals surface area contributed by atoms with E-state index >= 15 is 0 Å². The third-order valence-electron chi connectivity index (χ3n) is 5.24. The molecule has 0 unspecified atom stereocenters. The second-order valence-corrected chi connectivity index (χ2v) is 9.99. The Kier molecular flexibility index (Phi) is 4.74. The number of hydrogen-bond acceptors (Lipinski definition) is 8. The number of aromatic nitrogens is 5. The first-order valence-electron chi connectivity index (χ1n) is 9.85. The van der Waals surface area contributed by atoms with Gasteiger partial charge in [-0.1, -0.05) is 18.2 Å². The number of nitrogens with zero attached hydrogens (tertiary/aromatic N) is 5. The van der Waals surface area contributed by atoms with E-state index in [1.165, 1.54) is 12.8 Å². The maximum atomic E-state index is 5.31. The molecule has 9 heteroatoms. The average molecular weight is 464 g/mol. The molecule has 4 aromatic heterocycles. The number of ether oxygens (including phenoxy) is 1. The van der Waals surface area contributed by atoms with Gasteiger partial charge < -0.3 is 4.74 Å². The number of thiophene rings is 2. The zero-order chi connectivity index (χ0) is 20.8. The van der Waals surface area contributed by atoms with E-state index in [1.54, 1.807) is 47.9 Å². The van der Waals surface area contributed by atoms with Gasteiger partial charge in [-0.15, -0.1) is 32.9 Å². The van der Waals surface area contributed by atoms with E-state index in [2.05, 4.69) is 59.8 Å². The van der Waals surface area contributed by atoms with Crippen LogP contribution in [0.3, 0.4) is 0 Å². The highest BCUT2D eigenvalue weighted by Gasteiger charge is 2.31. The van der Waals surface area contributed by atoms with Crippen LogP contribution in [0.25, 0.3) is 32.0 Å². The van der Waals surface area contributed by atoms with Crippen LogP contribution < -0.4 is 4.74 Å². The standard InChI is InChI=1S/C22H17N5OS3/c1-28-15-8-4-13(5-9-15)16-11-30-20-18(16)21(24-12-23-20)31-22-26-25-19(17-3-2-10-29-17)27(22)14-6-7-14/h2-5,8-12,14H,6-7H2,1H3. The zero-order valence-corrected chi connectivity index (χ0v) is 19.0. The molecule has 5 aromatic rings. The highest BCUT2D eigenvalue weighted by molar-refractivity contribution is 7.99. The Morgan fingerprint density at radius 3 is 2.68 bits per heavy atom. The molecule has 0 amide bonds. The Hall–Kier alpha value is -2.75. The van der Waals surface area contributed by atoms with Gasteiger partial charge in [0, 0.05) is 17.0 Å². The molecule has 154 valence electrons. The number of hydrogen-bond donors (Lipinski definition) is 0. The fraction of sp³-hybridized carbons (Fsp3) is 0.182. The molecule has 0 bridgehead atoms. The number of methoxy groups -OCH3 is 1. The number of rotatable bonds is 6. The van der Waals surface area contributed by atoms with Crippen LogP contribution >= 0.6 is 34.4 Å². The second-order valence-electron chi connectivity index (χ2n) is 7.22. The molecule has 1 fully saturated rings. The van der Waals surface area contributed by atoms with Crippen LogP contribution in [0.15, 0.2) is 63.7 Å². The summed E-state index contributed by atoms with van der Waals surface area (Å²) in [4.78, 5) is 11.3. The van der Waals surface area contributed by atoms with Crippen molar-refractivity contribution in [1.82, 2.24) is 24.7 Å². The fourth-order valence-electron chi connectivity index (χ4n) is 3.58. The highest BCUT2D eigenvalue weighted by Crippen LogP contribution is 2.45. The quantitative estimate of drug-likeness (QED) is 0.280. The van der Waals surface area contributed by atoms with Crippen molar-refractivity contribution in [2.24, 2.45) is 0 Å². The van der Waals surface area contributed by atoms with E-state index in [-0.39, 0.29) is 0 Å². The van der Waals surface area contributed by atoms with E-state index in [1.807, 2.05) is 12.1 Å². The Labute approximate surface area is 191 Å². The van der Waals surface area contributed by atoms with E-state index in [4.69, 9.17) is 4.74 Å². The maximum absolute atomic E-state index is 5.31. The number of benzene rings is 1. The van der Waals surface area contributed by atoms with Gasteiger partial charge in [-0.2, -0.15) is 0 Å². The van der Waals surface area contributed by atoms with Gasteiger partial charge in [-0.25, -0.2) is 9.97 Å². The van der Waals surface area contributed by atoms with Gasteiger partial charge >= 0.3 is 0 Å². The summed E-state index contributed by atoms with van der Waals surface area (Å²) in [6.45, 7) is 0. The lowest BCUT2D eigenvalue weighted by molar-refractivity contribution is 0.415. The summed E-state index contributed by atoms with van der Waals surface area (Å²) in [5.74, 6) is 1.79. The topological polar surface area (TPSA) is 65.7 Å². The summed E-state index contributed by atoms with van der Waals surface area (Å²) in [6, 6.07) is 12.7. The molecule has 1 aliphatic rings. The van der Waals surface area contributed by atoms with Gasteiger partial charge in [-0.3, -0.25) is 4.57 Å². The molecule has 4 heterocycles. The van der Waals surface area contributed by atoms with Crippen molar-refractivity contribution in [3.05, 3.63) is 53.5 Å². The molecule has 0 spiro atoms. The first kappa shape index (κ1) is 19.0. The molecule has 6 rings (SSSR count). The van der Waals surface area contributed by atoms with Crippen LogP contribution in [0, 0.1) is 0 Å². The smallest absolute Gasteiger partial charge is 0.198 e. The van der Waals surface area contributed by atoms with Crippen LogP contribution in [0.4, 0.5) is 0 Å². The van der Waals surface area contributed by atoms with Crippen molar-refractivity contribution < 1.29 is 4.74 Å². The normalized spacial score (nSPS) is 13.7. The lowest BCUT2D eigenvalue weighted by Crippen LogP contribution is -1.99. The lowest BCUT2D eigenvalue weighted by Gasteiger charge is -2.09. The molecular weight excluding hydrogens is 446 g/mol. The predicted octanol–water partition coefficient (Wildman–Crippen LogP) is 6.17. The highest BCUT2D eigenvalue weighted by atomic mass is 32.2. The van der Waals surface area contributed by atoms with Crippen LogP contribution in [-0.2, 0) is 0 Å². The molecule has 6 nitrogen and oxygen atoms in total. The third kappa shape index (κ3) is 3.42. The first-order valence-corrected chi connectivity index (χ1v) is 12.4. The minimum absolute atomic E-state index is 0.468. The third-order valence-corrected chi connectivity index (χ3v) is 7.96. The van der Waals surface area contributed by atoms with Gasteiger partial charge in [0.2, 0.25) is 0 Å². The van der Waals surface area contributed by atoms with E-state index in [9.17, 15) is 0 Å². The van der Waals surface area contributed by atoms with Crippen LogP contribution in [-0.4, -0.2) is 31.8 Å². The first-order chi connectivity index (χ1) is 15.3. The van der Waals surface area contributed by atoms with Gasteiger partial charge in [-0.05, 0) is 53.7 Å². The van der Waals surface area contributed by atoms with Crippen molar-refractivity contribution >= 4 is 44.7 Å². The van der Waals surface area contributed by atoms with Crippen molar-refractivity contribution in [3.8, 4) is 27.6 Å². The average Bonchev–Trinajstić information content (AvgIpc) is 3.20. The van der Waals surface area contributed by atoms with Crippen molar-refractivity contribution in [3.63, 3.8) is 0 Å². The molecular formula is C22H17N5OS3. The monoisotopic (exact) mass is 463 g/mol. The van der Waals surface area contributed by atoms with Crippen molar-refractivity contribution in [1.29, 1.82) is 0 Å². The Morgan fingerprint density at radius 1 is 1.06 bits per heavy atom. The maximum Gasteiger partial charge on any atom is 0.198 e. The Bertz CT molecular complexity index is 1350. The van der Waals surface area contributed by atoms with Gasteiger partial charge in [0.15, 0.2) is 11.0 Å². The lowest BCUT2D eigenvalue weighted by atomic mass is 10.1. The fourth-order valence-corrected chi connectivity index (χ4v) is 6.26. The number of fused-ring (bicyclic) bond motifs is 1. The van der Waals surface area contributed by atoms with E-state index < -0.39 is 0 Å². The summed E-state index contributed by atoms with van der Waals surface area (Å²) in [5, 5.41) is 16.2. The summed E-state index contributed by atoms with van der Waals surface area (Å²) < 4.78 is 7.59. The largest absolute Gasteiger partial charge is 0.497 e. The molecule has 0 radical (unpaired) electrons. The summed E-state index contributed by atoms with van der Waals surface area (Å²) in [6.07, 6.45) is 3.97. The van der Waals surface area contributed by atoms with Crippen molar-refractivity contribution in [2.45, 2.75) is 29.1 Å². The summed E-state index contributed by atoms with van der Waals surface area (Å²) in [7, 11) is 1.68. The van der Waals surface area contributed by atoms with Crippen LogP contribution in [0.2, 0.25) is 0 Å². The Morgan fingerprint density at radius 2 is 1.94 bits per heavy atom. The summed E-state index contributed by atoms with van der Waals surface area (Å²) in [5.41, 5.74) is 2.24. The van der Waals surface area contributed by atoms with Crippen LogP contribution in [0.5, 0.6) is 5.75 Å². The van der Waals surface area contributed by atoms with E-state index in [0.29, 0.717) is 6.04 Å². The zero-order valence-electron chi connectivity index (χ0n) is 16.6. The molecule has 0 saturated heterocycles. The minimum Gasteiger partial charge on any atom is -0.497 e. The molecule has 31 heavy (non-hydrogen) atoms. The predicted molar refractivity (Wildman–Crippen MR) is 125 cm³/mol. The minimum atomic E-state index is 0.468. The van der Waals surface area contributed by atoms with Gasteiger partial charge in [0.05, 0.1) is 17.4 Å².